The van der Waals surface area contributed by atoms with Gasteiger partial charge in [0.25, 0.3) is 0 Å². The molecule has 226 valence electrons. The molecule has 0 saturated heterocycles. The summed E-state index contributed by atoms with van der Waals surface area (Å²) in [5, 5.41) is 16.9. The van der Waals surface area contributed by atoms with E-state index in [9.17, 15) is 19.5 Å². The predicted molar refractivity (Wildman–Crippen MR) is 162 cm³/mol. The monoisotopic (exact) mass is 567 g/mol. The third kappa shape index (κ3) is 10.1. The van der Waals surface area contributed by atoms with Crippen LogP contribution < -0.4 is 10.6 Å². The van der Waals surface area contributed by atoms with Crippen LogP contribution >= 0.6 is 0 Å². The van der Waals surface area contributed by atoms with Crippen LogP contribution in [0.2, 0.25) is 0 Å². The van der Waals surface area contributed by atoms with Crippen LogP contribution in [0.3, 0.4) is 0 Å². The van der Waals surface area contributed by atoms with Crippen molar-refractivity contribution < 1.29 is 24.2 Å². The Morgan fingerprint density at radius 2 is 1.56 bits per heavy atom. The van der Waals surface area contributed by atoms with Gasteiger partial charge in [-0.2, -0.15) is 0 Å². The van der Waals surface area contributed by atoms with E-state index in [1.54, 1.807) is 50.8 Å². The molecule has 0 radical (unpaired) electrons. The Labute approximate surface area is 245 Å². The lowest BCUT2D eigenvalue weighted by atomic mass is 9.93. The number of phenolic OH excluding ortho intramolecular Hbond substituents is 1. The SMILES string of the molecule is Cc1cccc(C(C(=O)NCc2ccccc2)N(C(=O)C(NC(=O)OC(C)(C)C)C(C)C)C(C)CCC(C)C)c1O. The fraction of sp³-hybridized carbons (Fsp3) is 0.545. The minimum atomic E-state index is -1.13. The van der Waals surface area contributed by atoms with E-state index in [4.69, 9.17) is 4.74 Å². The van der Waals surface area contributed by atoms with Gasteiger partial charge in [-0.15, -0.1) is 0 Å². The third-order valence-corrected chi connectivity index (χ3v) is 6.90. The Kier molecular flexibility index (Phi) is 12.2. The van der Waals surface area contributed by atoms with Crippen LogP contribution in [0.5, 0.6) is 5.75 Å². The average molecular weight is 568 g/mol. The molecule has 0 heterocycles. The zero-order chi connectivity index (χ0) is 30.9. The molecular formula is C33H49N3O5. The van der Waals surface area contributed by atoms with Gasteiger partial charge in [0.15, 0.2) is 0 Å². The Balaban J connectivity index is 2.61. The van der Waals surface area contributed by atoms with Crippen molar-refractivity contribution >= 4 is 17.9 Å². The first-order chi connectivity index (χ1) is 19.1. The summed E-state index contributed by atoms with van der Waals surface area (Å²) < 4.78 is 5.46. The number of nitrogens with zero attached hydrogens (tertiary/aromatic N) is 1. The highest BCUT2D eigenvalue weighted by Crippen LogP contribution is 2.35. The molecule has 8 heteroatoms. The van der Waals surface area contributed by atoms with E-state index in [0.29, 0.717) is 23.5 Å². The second-order valence-electron chi connectivity index (χ2n) is 12.6. The number of aryl methyl sites for hydroxylation is 1. The average Bonchev–Trinajstić information content (AvgIpc) is 2.88. The van der Waals surface area contributed by atoms with Crippen molar-refractivity contribution in [2.75, 3.05) is 0 Å². The highest BCUT2D eigenvalue weighted by atomic mass is 16.6. The summed E-state index contributed by atoms with van der Waals surface area (Å²) in [4.78, 5) is 42.8. The second kappa shape index (κ2) is 14.9. The summed E-state index contributed by atoms with van der Waals surface area (Å²) in [5.41, 5.74) is 1.09. The molecule has 3 unspecified atom stereocenters. The number of benzene rings is 2. The van der Waals surface area contributed by atoms with Crippen molar-refractivity contribution in [3.63, 3.8) is 0 Å². The number of carbonyl (C=O) groups excluding carboxylic acids is 3. The maximum atomic E-state index is 14.5. The van der Waals surface area contributed by atoms with Crippen molar-refractivity contribution in [2.24, 2.45) is 11.8 Å². The van der Waals surface area contributed by atoms with Crippen molar-refractivity contribution in [1.29, 1.82) is 0 Å². The van der Waals surface area contributed by atoms with Gasteiger partial charge < -0.3 is 25.4 Å². The number of nitrogens with one attached hydrogen (secondary N) is 2. The fourth-order valence-corrected chi connectivity index (χ4v) is 4.62. The minimum absolute atomic E-state index is 0.0394. The van der Waals surface area contributed by atoms with Crippen LogP contribution in [-0.4, -0.2) is 45.6 Å². The lowest BCUT2D eigenvalue weighted by Crippen LogP contribution is -2.57. The summed E-state index contributed by atoms with van der Waals surface area (Å²) in [5.74, 6) is -0.786. The molecule has 3 atom stereocenters. The van der Waals surface area contributed by atoms with Gasteiger partial charge in [-0.1, -0.05) is 76.2 Å². The molecule has 0 saturated carbocycles. The third-order valence-electron chi connectivity index (χ3n) is 6.90. The minimum Gasteiger partial charge on any atom is -0.507 e. The van der Waals surface area contributed by atoms with Crippen LogP contribution in [0.4, 0.5) is 4.79 Å². The Hall–Kier alpha value is -3.55. The summed E-state index contributed by atoms with van der Waals surface area (Å²) in [6, 6.07) is 12.2. The second-order valence-corrected chi connectivity index (χ2v) is 12.6. The number of aromatic hydroxyl groups is 1. The maximum absolute atomic E-state index is 14.5. The largest absolute Gasteiger partial charge is 0.507 e. The van der Waals surface area contributed by atoms with Gasteiger partial charge in [0.05, 0.1) is 0 Å². The van der Waals surface area contributed by atoms with E-state index >= 15 is 0 Å². The molecule has 0 spiro atoms. The van der Waals surface area contributed by atoms with Crippen molar-refractivity contribution in [3.05, 3.63) is 65.2 Å². The lowest BCUT2D eigenvalue weighted by Gasteiger charge is -2.39. The molecule has 2 rings (SSSR count). The first-order valence-corrected chi connectivity index (χ1v) is 14.5. The normalized spacial score (nSPS) is 13.8. The number of para-hydroxylation sites is 1. The molecule has 0 aromatic heterocycles. The van der Waals surface area contributed by atoms with Crippen molar-refractivity contribution in [1.82, 2.24) is 15.5 Å². The van der Waals surface area contributed by atoms with Crippen LogP contribution in [0.25, 0.3) is 0 Å². The molecule has 2 aromatic carbocycles. The first kappa shape index (κ1) is 33.7. The smallest absolute Gasteiger partial charge is 0.408 e. The predicted octanol–water partition coefficient (Wildman–Crippen LogP) is 6.26. The van der Waals surface area contributed by atoms with E-state index in [2.05, 4.69) is 24.5 Å². The standard InChI is InChI=1S/C33H49N3O5/c1-21(2)18-19-24(6)36(31(39)27(22(3)4)35-32(40)41-33(7,8)9)28(26-17-13-14-23(5)29(26)37)30(38)34-20-25-15-11-10-12-16-25/h10-17,21-22,24,27-28,37H,18-20H2,1-9H3,(H,34,38)(H,35,40). The van der Waals surface area contributed by atoms with Gasteiger partial charge in [-0.05, 0) is 70.4 Å². The molecule has 3 amide bonds. The number of rotatable bonds is 12. The molecule has 0 aliphatic heterocycles. The van der Waals surface area contributed by atoms with E-state index in [1.165, 1.54) is 0 Å². The number of alkyl carbamates (subject to hydrolysis) is 1. The van der Waals surface area contributed by atoms with Gasteiger partial charge in [-0.25, -0.2) is 4.79 Å². The number of hydrogen-bond donors (Lipinski definition) is 3. The lowest BCUT2D eigenvalue weighted by molar-refractivity contribution is -0.146. The van der Waals surface area contributed by atoms with E-state index in [-0.39, 0.29) is 24.3 Å². The fourth-order valence-electron chi connectivity index (χ4n) is 4.62. The summed E-state index contributed by atoms with van der Waals surface area (Å²) >= 11 is 0. The summed E-state index contributed by atoms with van der Waals surface area (Å²) in [6.45, 7) is 17.1. The summed E-state index contributed by atoms with van der Waals surface area (Å²) in [7, 11) is 0. The Bertz CT molecular complexity index is 1160. The molecule has 0 aliphatic carbocycles. The van der Waals surface area contributed by atoms with Crippen LogP contribution in [0.15, 0.2) is 48.5 Å². The Morgan fingerprint density at radius 1 is 0.927 bits per heavy atom. The van der Waals surface area contributed by atoms with Crippen molar-refractivity contribution in [2.45, 2.75) is 105 Å². The van der Waals surface area contributed by atoms with Crippen LogP contribution in [0.1, 0.15) is 91.0 Å². The molecule has 41 heavy (non-hydrogen) atoms. The topological polar surface area (TPSA) is 108 Å². The summed E-state index contributed by atoms with van der Waals surface area (Å²) in [6.07, 6.45) is 0.757. The molecule has 0 fully saturated rings. The van der Waals surface area contributed by atoms with Gasteiger partial charge in [-0.3, -0.25) is 9.59 Å². The molecule has 2 aromatic rings. The number of hydrogen-bond acceptors (Lipinski definition) is 5. The van der Waals surface area contributed by atoms with Crippen LogP contribution in [0, 0.1) is 18.8 Å². The van der Waals surface area contributed by atoms with Gasteiger partial charge >= 0.3 is 6.09 Å². The van der Waals surface area contributed by atoms with Crippen molar-refractivity contribution in [3.8, 4) is 5.75 Å². The molecular weight excluding hydrogens is 518 g/mol. The quantitative estimate of drug-likeness (QED) is 0.281. The molecule has 0 bridgehead atoms. The van der Waals surface area contributed by atoms with Gasteiger partial charge in [0.1, 0.15) is 23.4 Å². The number of amides is 3. The van der Waals surface area contributed by atoms with E-state index in [1.807, 2.05) is 51.1 Å². The first-order valence-electron chi connectivity index (χ1n) is 14.5. The number of phenols is 1. The highest BCUT2D eigenvalue weighted by Gasteiger charge is 2.41. The molecule has 0 aliphatic rings. The zero-order valence-electron chi connectivity index (χ0n) is 26.2. The molecule has 8 nitrogen and oxygen atoms in total. The van der Waals surface area contributed by atoms with E-state index in [0.717, 1.165) is 12.0 Å². The number of ether oxygens (including phenoxy) is 1. The highest BCUT2D eigenvalue weighted by molar-refractivity contribution is 5.93. The van der Waals surface area contributed by atoms with Gasteiger partial charge in [0.2, 0.25) is 11.8 Å². The van der Waals surface area contributed by atoms with E-state index < -0.39 is 35.6 Å². The number of carbonyl (C=O) groups is 3. The zero-order valence-corrected chi connectivity index (χ0v) is 26.2. The molecule has 3 N–H and O–H groups in total. The van der Waals surface area contributed by atoms with Gasteiger partial charge in [0, 0.05) is 18.2 Å². The maximum Gasteiger partial charge on any atom is 0.408 e. The van der Waals surface area contributed by atoms with Crippen LogP contribution in [-0.2, 0) is 20.9 Å². The Morgan fingerprint density at radius 3 is 2.12 bits per heavy atom.